The highest BCUT2D eigenvalue weighted by Crippen LogP contribution is 2.38. The van der Waals surface area contributed by atoms with E-state index in [-0.39, 0.29) is 5.60 Å². The number of thiol groups is 1. The van der Waals surface area contributed by atoms with Gasteiger partial charge in [-0.1, -0.05) is 0 Å². The monoisotopic (exact) mass is 222 g/mol. The normalized spacial score (nSPS) is 18.2. The average Bonchev–Trinajstić information content (AvgIpc) is 2.12. The molecule has 1 heterocycles. The first-order chi connectivity index (χ1) is 6.91. The van der Waals surface area contributed by atoms with E-state index in [0.29, 0.717) is 0 Å². The summed E-state index contributed by atoms with van der Waals surface area (Å²) in [4.78, 5) is 1.11. The van der Waals surface area contributed by atoms with E-state index in [1.54, 1.807) is 0 Å². The van der Waals surface area contributed by atoms with E-state index >= 15 is 0 Å². The molecule has 0 unspecified atom stereocenters. The third-order valence-corrected chi connectivity index (χ3v) is 3.88. The summed E-state index contributed by atoms with van der Waals surface area (Å²) in [5.41, 5.74) is 3.80. The Labute approximate surface area is 97.2 Å². The molecule has 1 aliphatic heterocycles. The molecule has 0 spiro atoms. The Bertz CT molecular complexity index is 407. The zero-order chi connectivity index (χ0) is 11.2. The van der Waals surface area contributed by atoms with Gasteiger partial charge in [0.1, 0.15) is 11.4 Å². The molecular weight excluding hydrogens is 204 g/mol. The van der Waals surface area contributed by atoms with Crippen molar-refractivity contribution < 1.29 is 4.74 Å². The Hall–Kier alpha value is -0.630. The second-order valence-electron chi connectivity index (χ2n) is 5.01. The zero-order valence-electron chi connectivity index (χ0n) is 9.85. The van der Waals surface area contributed by atoms with E-state index in [1.807, 2.05) is 0 Å². The summed E-state index contributed by atoms with van der Waals surface area (Å²) in [5, 5.41) is 0. The second-order valence-corrected chi connectivity index (χ2v) is 5.45. The lowest BCUT2D eigenvalue weighted by Crippen LogP contribution is -2.33. The van der Waals surface area contributed by atoms with Crippen molar-refractivity contribution in [2.45, 2.75) is 51.0 Å². The van der Waals surface area contributed by atoms with Crippen LogP contribution < -0.4 is 4.74 Å². The minimum atomic E-state index is -0.0238. The van der Waals surface area contributed by atoms with Crippen molar-refractivity contribution in [3.63, 3.8) is 0 Å². The smallest absolute Gasteiger partial charge is 0.123 e. The van der Waals surface area contributed by atoms with Crippen LogP contribution in [0, 0.1) is 13.8 Å². The van der Waals surface area contributed by atoms with Gasteiger partial charge >= 0.3 is 0 Å². The predicted octanol–water partition coefficient (Wildman–Crippen LogP) is 3.70. The molecule has 0 fully saturated rings. The molecule has 2 heteroatoms. The van der Waals surface area contributed by atoms with Gasteiger partial charge in [-0.15, -0.1) is 12.6 Å². The molecule has 82 valence electrons. The lowest BCUT2D eigenvalue weighted by molar-refractivity contribution is 0.0842. The third-order valence-electron chi connectivity index (χ3n) is 3.19. The molecule has 0 aromatic heterocycles. The van der Waals surface area contributed by atoms with Gasteiger partial charge in [-0.05, 0) is 63.3 Å². The van der Waals surface area contributed by atoms with Crippen LogP contribution in [0.1, 0.15) is 37.0 Å². The number of hydrogen-bond acceptors (Lipinski definition) is 2. The molecule has 0 N–H and O–H groups in total. The molecule has 0 bridgehead atoms. The Morgan fingerprint density at radius 3 is 2.67 bits per heavy atom. The molecule has 1 aromatic rings. The molecule has 1 aromatic carbocycles. The van der Waals surface area contributed by atoms with Crippen molar-refractivity contribution in [3.05, 3.63) is 22.8 Å². The van der Waals surface area contributed by atoms with E-state index < -0.39 is 0 Å². The number of ether oxygens (including phenoxy) is 1. The summed E-state index contributed by atoms with van der Waals surface area (Å²) in [6, 6.07) is 2.12. The fourth-order valence-electron chi connectivity index (χ4n) is 2.15. The molecule has 2 rings (SSSR count). The van der Waals surface area contributed by atoms with Gasteiger partial charge in [0, 0.05) is 4.90 Å². The minimum Gasteiger partial charge on any atom is -0.488 e. The van der Waals surface area contributed by atoms with Crippen LogP contribution in [-0.2, 0) is 6.42 Å². The summed E-state index contributed by atoms with van der Waals surface area (Å²) in [7, 11) is 0. The zero-order valence-corrected chi connectivity index (χ0v) is 10.7. The molecule has 0 amide bonds. The summed E-state index contributed by atoms with van der Waals surface area (Å²) in [5.74, 6) is 1.05. The van der Waals surface area contributed by atoms with Crippen molar-refractivity contribution in [1.29, 1.82) is 0 Å². The molecule has 1 aliphatic rings. The van der Waals surface area contributed by atoms with E-state index in [1.165, 1.54) is 16.7 Å². The fourth-order valence-corrected chi connectivity index (χ4v) is 2.35. The van der Waals surface area contributed by atoms with Gasteiger partial charge in [0.15, 0.2) is 0 Å². The summed E-state index contributed by atoms with van der Waals surface area (Å²) in [6.07, 6.45) is 2.18. The van der Waals surface area contributed by atoms with Gasteiger partial charge < -0.3 is 4.74 Å². The number of rotatable bonds is 0. The second kappa shape index (κ2) is 3.44. The van der Waals surface area contributed by atoms with Crippen molar-refractivity contribution >= 4 is 12.6 Å². The summed E-state index contributed by atoms with van der Waals surface area (Å²) < 4.78 is 6.00. The van der Waals surface area contributed by atoms with Crippen LogP contribution in [-0.4, -0.2) is 5.60 Å². The summed E-state index contributed by atoms with van der Waals surface area (Å²) in [6.45, 7) is 8.51. The van der Waals surface area contributed by atoms with Gasteiger partial charge in [0.05, 0.1) is 0 Å². The topological polar surface area (TPSA) is 9.23 Å². The van der Waals surface area contributed by atoms with Crippen LogP contribution in [0.5, 0.6) is 5.75 Å². The Morgan fingerprint density at radius 1 is 1.33 bits per heavy atom. The van der Waals surface area contributed by atoms with Gasteiger partial charge in [0.25, 0.3) is 0 Å². The van der Waals surface area contributed by atoms with E-state index in [9.17, 15) is 0 Å². The average molecular weight is 222 g/mol. The van der Waals surface area contributed by atoms with Crippen molar-refractivity contribution in [3.8, 4) is 5.75 Å². The van der Waals surface area contributed by atoms with E-state index in [0.717, 1.165) is 23.5 Å². The fraction of sp³-hybridized carbons (Fsp3) is 0.538. The molecule has 0 atom stereocenters. The number of aryl methyl sites for hydroxylation is 1. The molecule has 15 heavy (non-hydrogen) atoms. The maximum atomic E-state index is 6.00. The molecule has 0 saturated heterocycles. The number of fused-ring (bicyclic) bond motifs is 1. The third kappa shape index (κ3) is 1.87. The van der Waals surface area contributed by atoms with Gasteiger partial charge in [-0.2, -0.15) is 0 Å². The lowest BCUT2D eigenvalue weighted by Gasteiger charge is -2.34. The van der Waals surface area contributed by atoms with Crippen molar-refractivity contribution in [1.82, 2.24) is 0 Å². The lowest BCUT2D eigenvalue weighted by atomic mass is 9.91. The van der Waals surface area contributed by atoms with Gasteiger partial charge in [-0.3, -0.25) is 0 Å². The predicted molar refractivity (Wildman–Crippen MR) is 66.2 cm³/mol. The SMILES string of the molecule is Cc1cc2c(c(C)c1S)CCC(C)(C)O2. The van der Waals surface area contributed by atoms with E-state index in [2.05, 4.69) is 46.4 Å². The highest BCUT2D eigenvalue weighted by molar-refractivity contribution is 7.80. The quantitative estimate of drug-likeness (QED) is 0.659. The molecular formula is C13H18OS. The van der Waals surface area contributed by atoms with Crippen LogP contribution in [0.4, 0.5) is 0 Å². The molecule has 0 saturated carbocycles. The van der Waals surface area contributed by atoms with Gasteiger partial charge in [-0.25, -0.2) is 0 Å². The first-order valence-corrected chi connectivity index (χ1v) is 5.86. The standard InChI is InChI=1S/C13H18OS/c1-8-7-11-10(9(2)12(8)15)5-6-13(3,4)14-11/h7,15H,5-6H2,1-4H3. The van der Waals surface area contributed by atoms with Crippen molar-refractivity contribution in [2.75, 3.05) is 0 Å². The Kier molecular flexibility index (Phi) is 2.50. The van der Waals surface area contributed by atoms with Crippen LogP contribution in [0.2, 0.25) is 0 Å². The van der Waals surface area contributed by atoms with Crippen LogP contribution in [0.15, 0.2) is 11.0 Å². The highest BCUT2D eigenvalue weighted by atomic mass is 32.1. The maximum Gasteiger partial charge on any atom is 0.123 e. The van der Waals surface area contributed by atoms with Crippen LogP contribution in [0.25, 0.3) is 0 Å². The molecule has 0 aliphatic carbocycles. The largest absolute Gasteiger partial charge is 0.488 e. The van der Waals surface area contributed by atoms with Crippen LogP contribution in [0.3, 0.4) is 0 Å². The summed E-state index contributed by atoms with van der Waals surface area (Å²) >= 11 is 4.53. The highest BCUT2D eigenvalue weighted by Gasteiger charge is 2.28. The van der Waals surface area contributed by atoms with Crippen molar-refractivity contribution in [2.24, 2.45) is 0 Å². The first-order valence-electron chi connectivity index (χ1n) is 5.42. The first kappa shape index (κ1) is 10.9. The molecule has 0 radical (unpaired) electrons. The van der Waals surface area contributed by atoms with E-state index in [4.69, 9.17) is 4.74 Å². The number of benzene rings is 1. The van der Waals surface area contributed by atoms with Gasteiger partial charge in [0.2, 0.25) is 0 Å². The number of hydrogen-bond donors (Lipinski definition) is 1. The Morgan fingerprint density at radius 2 is 2.00 bits per heavy atom. The maximum absolute atomic E-state index is 6.00. The van der Waals surface area contributed by atoms with Crippen LogP contribution >= 0.6 is 12.6 Å². The Balaban J connectivity index is 2.54. The molecule has 1 nitrogen and oxygen atoms in total. The minimum absolute atomic E-state index is 0.0238.